The summed E-state index contributed by atoms with van der Waals surface area (Å²) in [6.45, 7) is 0. The van der Waals surface area contributed by atoms with Crippen LogP contribution in [0.5, 0.6) is 0 Å². The van der Waals surface area contributed by atoms with Gasteiger partial charge in [-0.05, 0) is 57.3 Å². The first-order valence-corrected chi connectivity index (χ1v) is 19.6. The Hall–Kier alpha value is -7.89. The van der Waals surface area contributed by atoms with Crippen molar-refractivity contribution in [2.45, 2.75) is 0 Å². The van der Waals surface area contributed by atoms with Gasteiger partial charge in [0.1, 0.15) is 11.3 Å². The van der Waals surface area contributed by atoms with Gasteiger partial charge >= 0.3 is 0 Å². The second-order valence-corrected chi connectivity index (χ2v) is 15.1. The number of para-hydroxylation sites is 1. The van der Waals surface area contributed by atoms with E-state index in [1.54, 1.807) is 0 Å². The van der Waals surface area contributed by atoms with E-state index in [-0.39, 0.29) is 0 Å². The number of aromatic nitrogens is 4. The predicted molar refractivity (Wildman–Crippen MR) is 237 cm³/mol. The van der Waals surface area contributed by atoms with Gasteiger partial charge in [0.2, 0.25) is 0 Å². The number of nitrogens with zero attached hydrogens (tertiary/aromatic N) is 4. The molecule has 268 valence electrons. The van der Waals surface area contributed by atoms with Gasteiger partial charge in [0.25, 0.3) is 0 Å². The minimum Gasteiger partial charge on any atom is -0.454 e. The zero-order valence-electron chi connectivity index (χ0n) is 31.0. The molecule has 3 aromatic heterocycles. The average molecular weight is 739 g/mol. The molecule has 5 nitrogen and oxygen atoms in total. The number of fused-ring (bicyclic) bond motifs is 9. The fourth-order valence-electron chi connectivity index (χ4n) is 9.55. The lowest BCUT2D eigenvalue weighted by molar-refractivity contribution is 0.666. The molecule has 0 aliphatic heterocycles. The normalized spacial score (nSPS) is 12.1. The van der Waals surface area contributed by atoms with Crippen LogP contribution in [0.25, 0.3) is 127 Å². The average Bonchev–Trinajstić information content (AvgIpc) is 3.82. The van der Waals surface area contributed by atoms with Crippen molar-refractivity contribution in [3.05, 3.63) is 182 Å². The molecule has 0 saturated carbocycles. The number of rotatable bonds is 4. The molecule has 13 rings (SSSR count). The highest BCUT2D eigenvalue weighted by atomic mass is 16.3. The van der Waals surface area contributed by atoms with Crippen LogP contribution in [0.15, 0.2) is 186 Å². The predicted octanol–water partition coefficient (Wildman–Crippen LogP) is 13.8. The summed E-state index contributed by atoms with van der Waals surface area (Å²) in [5, 5.41) is 9.41. The molecule has 1 aliphatic carbocycles. The molecule has 0 bridgehead atoms. The standard InChI is InChI=1S/C53H30N4O/c1-3-15-31(16-4-1)51-54-52(32-17-5-2-6-18-32)56-53(55-51)42-30-29-41-36-22-11-12-28-44(36)58-50(41)49(42)57-43-27-14-26-39-34-20-8-7-19-33(34)37-24-13-25-38-35-21-9-10-23-40(35)48(57)47(45(37)38)46(39)43/h1-30H. The zero-order valence-corrected chi connectivity index (χ0v) is 31.0. The molecule has 0 fully saturated rings. The topological polar surface area (TPSA) is 56.7 Å². The monoisotopic (exact) mass is 738 g/mol. The van der Waals surface area contributed by atoms with Gasteiger partial charge in [-0.15, -0.1) is 0 Å². The largest absolute Gasteiger partial charge is 0.454 e. The van der Waals surface area contributed by atoms with Gasteiger partial charge in [-0.3, -0.25) is 0 Å². The molecule has 58 heavy (non-hydrogen) atoms. The van der Waals surface area contributed by atoms with Crippen LogP contribution in [0.4, 0.5) is 0 Å². The van der Waals surface area contributed by atoms with Gasteiger partial charge in [0.15, 0.2) is 23.1 Å². The summed E-state index contributed by atoms with van der Waals surface area (Å²) in [6.07, 6.45) is 0. The van der Waals surface area contributed by atoms with Gasteiger partial charge < -0.3 is 8.98 Å². The summed E-state index contributed by atoms with van der Waals surface area (Å²) < 4.78 is 9.48. The van der Waals surface area contributed by atoms with Crippen LogP contribution in [0.2, 0.25) is 0 Å². The zero-order chi connectivity index (χ0) is 37.9. The Morgan fingerprint density at radius 3 is 1.62 bits per heavy atom. The second kappa shape index (κ2) is 11.8. The summed E-state index contributed by atoms with van der Waals surface area (Å²) in [5.74, 6) is 1.79. The number of hydrogen-bond donors (Lipinski definition) is 0. The molecule has 1 aliphatic rings. The summed E-state index contributed by atoms with van der Waals surface area (Å²) >= 11 is 0. The van der Waals surface area contributed by atoms with Crippen LogP contribution in [-0.4, -0.2) is 19.5 Å². The first-order valence-electron chi connectivity index (χ1n) is 19.6. The van der Waals surface area contributed by atoms with Crippen molar-refractivity contribution in [1.82, 2.24) is 19.5 Å². The van der Waals surface area contributed by atoms with Crippen molar-refractivity contribution >= 4 is 65.3 Å². The van der Waals surface area contributed by atoms with Gasteiger partial charge in [-0.25, -0.2) is 15.0 Å². The van der Waals surface area contributed by atoms with Crippen molar-refractivity contribution in [3.63, 3.8) is 0 Å². The van der Waals surface area contributed by atoms with E-state index in [4.69, 9.17) is 19.4 Å². The molecular formula is C53H30N4O. The lowest BCUT2D eigenvalue weighted by Gasteiger charge is -2.18. The molecule has 3 heterocycles. The Morgan fingerprint density at radius 1 is 0.345 bits per heavy atom. The lowest BCUT2D eigenvalue weighted by atomic mass is 9.91. The summed E-state index contributed by atoms with van der Waals surface area (Å²) in [5.41, 5.74) is 12.3. The molecule has 5 heteroatoms. The van der Waals surface area contributed by atoms with Crippen molar-refractivity contribution in [2.75, 3.05) is 0 Å². The first-order chi connectivity index (χ1) is 28.8. The van der Waals surface area contributed by atoms with Crippen LogP contribution >= 0.6 is 0 Å². The summed E-state index contributed by atoms with van der Waals surface area (Å²) in [7, 11) is 0. The smallest absolute Gasteiger partial charge is 0.166 e. The van der Waals surface area contributed by atoms with Crippen LogP contribution in [0.1, 0.15) is 0 Å². The van der Waals surface area contributed by atoms with E-state index < -0.39 is 0 Å². The molecular weight excluding hydrogens is 709 g/mol. The second-order valence-electron chi connectivity index (χ2n) is 15.1. The number of hydrogen-bond acceptors (Lipinski definition) is 4. The van der Waals surface area contributed by atoms with E-state index >= 15 is 0 Å². The molecule has 0 unspecified atom stereocenters. The van der Waals surface area contributed by atoms with Crippen LogP contribution in [0.3, 0.4) is 0 Å². The molecule has 0 spiro atoms. The van der Waals surface area contributed by atoms with Gasteiger partial charge in [-0.1, -0.05) is 158 Å². The minimum atomic E-state index is 0.569. The Balaban J connectivity index is 1.26. The Labute approximate surface area is 332 Å². The maximum Gasteiger partial charge on any atom is 0.166 e. The number of furan rings is 1. The summed E-state index contributed by atoms with van der Waals surface area (Å²) in [6, 6.07) is 64.2. The van der Waals surface area contributed by atoms with E-state index in [1.807, 2.05) is 42.5 Å². The van der Waals surface area contributed by atoms with Crippen LogP contribution in [-0.2, 0) is 0 Å². The molecule has 9 aromatic carbocycles. The SMILES string of the molecule is c1ccc(-c2nc(-c3ccccc3)nc(-c3ccc4c(oc5ccccc54)c3-n3c4cccc5c4c4c6c(cccc6c6ccccc6c43)-c3ccccc3-5)n2)cc1. The van der Waals surface area contributed by atoms with Crippen molar-refractivity contribution < 1.29 is 4.42 Å². The Bertz CT molecular complexity index is 3620. The Kier molecular flexibility index (Phi) is 6.38. The fraction of sp³-hybridized carbons (Fsp3) is 0. The number of benzene rings is 9. The molecule has 0 amide bonds. The third kappa shape index (κ3) is 4.27. The highest BCUT2D eigenvalue weighted by Crippen LogP contribution is 2.53. The van der Waals surface area contributed by atoms with Crippen LogP contribution in [0, 0.1) is 0 Å². The van der Waals surface area contributed by atoms with E-state index in [0.29, 0.717) is 17.5 Å². The fourth-order valence-corrected chi connectivity index (χ4v) is 9.55. The third-order valence-electron chi connectivity index (χ3n) is 12.0. The van der Waals surface area contributed by atoms with E-state index in [1.165, 1.54) is 54.6 Å². The Morgan fingerprint density at radius 2 is 0.897 bits per heavy atom. The maximum atomic E-state index is 7.03. The van der Waals surface area contributed by atoms with Crippen molar-refractivity contribution in [3.8, 4) is 62.1 Å². The van der Waals surface area contributed by atoms with Crippen molar-refractivity contribution in [2.24, 2.45) is 0 Å². The molecule has 0 radical (unpaired) electrons. The first kappa shape index (κ1) is 31.3. The third-order valence-corrected chi connectivity index (χ3v) is 12.0. The quantitative estimate of drug-likeness (QED) is 0.169. The van der Waals surface area contributed by atoms with Crippen LogP contribution < -0.4 is 0 Å². The van der Waals surface area contributed by atoms with E-state index in [0.717, 1.165) is 55.3 Å². The van der Waals surface area contributed by atoms with E-state index in [2.05, 4.69) is 144 Å². The maximum absolute atomic E-state index is 7.03. The highest BCUT2D eigenvalue weighted by molar-refractivity contribution is 6.38. The van der Waals surface area contributed by atoms with Gasteiger partial charge in [0.05, 0.1) is 11.0 Å². The highest BCUT2D eigenvalue weighted by Gasteiger charge is 2.30. The molecule has 0 atom stereocenters. The lowest BCUT2D eigenvalue weighted by Crippen LogP contribution is -2.04. The molecule has 0 saturated heterocycles. The van der Waals surface area contributed by atoms with E-state index in [9.17, 15) is 0 Å². The van der Waals surface area contributed by atoms with Gasteiger partial charge in [-0.2, -0.15) is 0 Å². The molecule has 12 aromatic rings. The summed E-state index contributed by atoms with van der Waals surface area (Å²) in [4.78, 5) is 15.7. The minimum absolute atomic E-state index is 0.569. The van der Waals surface area contributed by atoms with Crippen molar-refractivity contribution in [1.29, 1.82) is 0 Å². The molecule has 0 N–H and O–H groups in total. The van der Waals surface area contributed by atoms with Gasteiger partial charge in [0, 0.05) is 49.0 Å².